The first-order valence-electron chi connectivity index (χ1n) is 5.82. The Morgan fingerprint density at radius 1 is 1.40 bits per heavy atom. The van der Waals surface area contributed by atoms with Gasteiger partial charge in [0.05, 0.1) is 12.1 Å². The predicted molar refractivity (Wildman–Crippen MR) is 72.6 cm³/mol. The molecule has 1 fully saturated rings. The average Bonchev–Trinajstić information content (AvgIpc) is 2.37. The summed E-state index contributed by atoms with van der Waals surface area (Å²) in [6.07, 6.45) is -4.55. The lowest BCUT2D eigenvalue weighted by molar-refractivity contribution is -0.137. The monoisotopic (exact) mass is 303 g/mol. The number of alkyl halides is 3. The van der Waals surface area contributed by atoms with Crippen LogP contribution in [0.4, 0.5) is 18.9 Å². The number of amides is 1. The number of anilines is 1. The number of hydrogen-bond acceptors (Lipinski definition) is 3. The normalized spacial score (nSPS) is 15.9. The van der Waals surface area contributed by atoms with Crippen LogP contribution in [-0.2, 0) is 11.0 Å². The zero-order chi connectivity index (χ0) is 14.9. The second-order valence-corrected chi connectivity index (χ2v) is 4.80. The lowest BCUT2D eigenvalue weighted by atomic mass is 10.1. The van der Waals surface area contributed by atoms with Crippen molar-refractivity contribution in [2.24, 2.45) is 5.73 Å². The molecule has 4 nitrogen and oxygen atoms in total. The summed E-state index contributed by atoms with van der Waals surface area (Å²) in [7, 11) is 0. The van der Waals surface area contributed by atoms with Gasteiger partial charge in [0.15, 0.2) is 0 Å². The van der Waals surface area contributed by atoms with E-state index in [9.17, 15) is 18.0 Å². The highest BCUT2D eigenvalue weighted by Crippen LogP contribution is 2.34. The molecule has 1 aromatic carbocycles. The molecule has 0 atom stereocenters. The maximum atomic E-state index is 13.0. The fraction of sp³-hybridized carbons (Fsp3) is 0.333. The first kappa shape index (κ1) is 14.6. The van der Waals surface area contributed by atoms with Crippen molar-refractivity contribution in [1.82, 2.24) is 5.32 Å². The molecule has 1 heterocycles. The number of carbonyl (C=O) groups is 1. The van der Waals surface area contributed by atoms with Crippen molar-refractivity contribution in [3.05, 3.63) is 29.3 Å². The average molecular weight is 303 g/mol. The van der Waals surface area contributed by atoms with Gasteiger partial charge in [0, 0.05) is 24.3 Å². The van der Waals surface area contributed by atoms with Crippen molar-refractivity contribution >= 4 is 28.8 Å². The molecule has 1 amide bonds. The largest absolute Gasteiger partial charge is 0.417 e. The van der Waals surface area contributed by atoms with Gasteiger partial charge in [-0.3, -0.25) is 4.79 Å². The molecule has 0 unspecified atom stereocenters. The molecule has 1 aliphatic heterocycles. The van der Waals surface area contributed by atoms with E-state index in [1.807, 2.05) is 0 Å². The standard InChI is InChI=1S/C12H12F3N3OS/c13-12(14,15)9-5-7(1-2-8(9)11(16)20)18-4-3-17-10(19)6-18/h1-2,5H,3-4,6H2,(H2,16,20)(H,17,19). The van der Waals surface area contributed by atoms with Crippen LogP contribution in [0.5, 0.6) is 0 Å². The Labute approximate surface area is 118 Å². The summed E-state index contributed by atoms with van der Waals surface area (Å²) in [4.78, 5) is 12.6. The first-order chi connectivity index (χ1) is 9.29. The Hall–Kier alpha value is -1.83. The van der Waals surface area contributed by atoms with Crippen LogP contribution in [-0.4, -0.2) is 30.5 Å². The molecule has 108 valence electrons. The van der Waals surface area contributed by atoms with Crippen molar-refractivity contribution in [1.29, 1.82) is 0 Å². The third-order valence-electron chi connectivity index (χ3n) is 2.98. The van der Waals surface area contributed by atoms with Gasteiger partial charge in [-0.15, -0.1) is 0 Å². The van der Waals surface area contributed by atoms with Gasteiger partial charge in [0.25, 0.3) is 0 Å². The number of rotatable bonds is 2. The Morgan fingerprint density at radius 2 is 2.10 bits per heavy atom. The van der Waals surface area contributed by atoms with Gasteiger partial charge in [-0.05, 0) is 18.2 Å². The van der Waals surface area contributed by atoms with Crippen molar-refractivity contribution in [2.45, 2.75) is 6.18 Å². The molecule has 0 radical (unpaired) electrons. The zero-order valence-electron chi connectivity index (χ0n) is 10.3. The Bertz CT molecular complexity index is 559. The van der Waals surface area contributed by atoms with Crippen LogP contribution in [0.2, 0.25) is 0 Å². The molecule has 3 N–H and O–H groups in total. The number of carbonyl (C=O) groups excluding carboxylic acids is 1. The number of hydrogen-bond donors (Lipinski definition) is 2. The van der Waals surface area contributed by atoms with E-state index in [1.165, 1.54) is 12.1 Å². The number of nitrogens with one attached hydrogen (secondary N) is 1. The second kappa shape index (κ2) is 5.28. The summed E-state index contributed by atoms with van der Waals surface area (Å²) >= 11 is 4.64. The van der Waals surface area contributed by atoms with Gasteiger partial charge in [0.2, 0.25) is 5.91 Å². The second-order valence-electron chi connectivity index (χ2n) is 4.36. The topological polar surface area (TPSA) is 58.4 Å². The maximum Gasteiger partial charge on any atom is 0.417 e. The minimum Gasteiger partial charge on any atom is -0.389 e. The molecule has 1 saturated heterocycles. The molecule has 20 heavy (non-hydrogen) atoms. The highest BCUT2D eigenvalue weighted by molar-refractivity contribution is 7.80. The lowest BCUT2D eigenvalue weighted by Gasteiger charge is -2.29. The molecule has 0 bridgehead atoms. The van der Waals surface area contributed by atoms with Gasteiger partial charge < -0.3 is 16.0 Å². The lowest BCUT2D eigenvalue weighted by Crippen LogP contribution is -2.47. The molecular weight excluding hydrogens is 291 g/mol. The van der Waals surface area contributed by atoms with E-state index in [0.717, 1.165) is 6.07 Å². The quantitative estimate of drug-likeness (QED) is 0.808. The smallest absolute Gasteiger partial charge is 0.389 e. The van der Waals surface area contributed by atoms with Gasteiger partial charge in [-0.25, -0.2) is 0 Å². The summed E-state index contributed by atoms with van der Waals surface area (Å²) in [5.41, 5.74) is 4.55. The number of halogens is 3. The van der Waals surface area contributed by atoms with E-state index in [1.54, 1.807) is 4.90 Å². The van der Waals surface area contributed by atoms with E-state index in [4.69, 9.17) is 5.73 Å². The SMILES string of the molecule is NC(=S)c1ccc(N2CCNC(=O)C2)cc1C(F)(F)F. The molecule has 2 rings (SSSR count). The molecule has 0 saturated carbocycles. The zero-order valence-corrected chi connectivity index (χ0v) is 11.1. The molecular formula is C12H12F3N3OS. The predicted octanol–water partition coefficient (Wildman–Crippen LogP) is 1.28. The Balaban J connectivity index is 2.41. The van der Waals surface area contributed by atoms with Crippen LogP contribution in [0, 0.1) is 0 Å². The van der Waals surface area contributed by atoms with Gasteiger partial charge in [0.1, 0.15) is 4.99 Å². The van der Waals surface area contributed by atoms with Gasteiger partial charge >= 0.3 is 6.18 Å². The highest BCUT2D eigenvalue weighted by Gasteiger charge is 2.35. The van der Waals surface area contributed by atoms with E-state index >= 15 is 0 Å². The number of thiocarbonyl (C=S) groups is 1. The summed E-state index contributed by atoms with van der Waals surface area (Å²) in [6, 6.07) is 3.71. The van der Waals surface area contributed by atoms with Crippen LogP contribution >= 0.6 is 12.2 Å². The number of nitrogens with zero attached hydrogens (tertiary/aromatic N) is 1. The van der Waals surface area contributed by atoms with Crippen LogP contribution in [0.1, 0.15) is 11.1 Å². The number of piperazine rings is 1. The van der Waals surface area contributed by atoms with Crippen molar-refractivity contribution in [3.8, 4) is 0 Å². The molecule has 0 spiro atoms. The van der Waals surface area contributed by atoms with Crippen molar-refractivity contribution in [2.75, 3.05) is 24.5 Å². The minimum atomic E-state index is -4.55. The molecule has 8 heteroatoms. The van der Waals surface area contributed by atoms with Crippen LogP contribution in [0.25, 0.3) is 0 Å². The third kappa shape index (κ3) is 3.01. The molecule has 1 aromatic rings. The number of nitrogens with two attached hydrogens (primary N) is 1. The fourth-order valence-corrected chi connectivity index (χ4v) is 2.22. The Kier molecular flexibility index (Phi) is 3.85. The van der Waals surface area contributed by atoms with Crippen molar-refractivity contribution in [3.63, 3.8) is 0 Å². The summed E-state index contributed by atoms with van der Waals surface area (Å²) < 4.78 is 39.1. The fourth-order valence-electron chi connectivity index (χ4n) is 2.04. The number of benzene rings is 1. The summed E-state index contributed by atoms with van der Waals surface area (Å²) in [6.45, 7) is 0.885. The maximum absolute atomic E-state index is 13.0. The van der Waals surface area contributed by atoms with Crippen LogP contribution in [0.3, 0.4) is 0 Å². The van der Waals surface area contributed by atoms with E-state index in [0.29, 0.717) is 18.8 Å². The third-order valence-corrected chi connectivity index (χ3v) is 3.20. The van der Waals surface area contributed by atoms with E-state index in [2.05, 4.69) is 17.5 Å². The van der Waals surface area contributed by atoms with Gasteiger partial charge in [-0.2, -0.15) is 13.2 Å². The van der Waals surface area contributed by atoms with Crippen LogP contribution in [0.15, 0.2) is 18.2 Å². The molecule has 0 aliphatic carbocycles. The van der Waals surface area contributed by atoms with Gasteiger partial charge in [-0.1, -0.05) is 12.2 Å². The minimum absolute atomic E-state index is 0.0315. The van der Waals surface area contributed by atoms with Crippen LogP contribution < -0.4 is 16.0 Å². The highest BCUT2D eigenvalue weighted by atomic mass is 32.1. The molecule has 0 aromatic heterocycles. The van der Waals surface area contributed by atoms with E-state index < -0.39 is 11.7 Å². The molecule has 1 aliphatic rings. The first-order valence-corrected chi connectivity index (χ1v) is 6.22. The summed E-state index contributed by atoms with van der Waals surface area (Å²) in [5, 5.41) is 2.61. The summed E-state index contributed by atoms with van der Waals surface area (Å²) in [5.74, 6) is -0.219. The van der Waals surface area contributed by atoms with Crippen molar-refractivity contribution < 1.29 is 18.0 Å². The Morgan fingerprint density at radius 3 is 2.65 bits per heavy atom. The van der Waals surface area contributed by atoms with E-state index in [-0.39, 0.29) is 23.0 Å².